The summed E-state index contributed by atoms with van der Waals surface area (Å²) in [4.78, 5) is 13.4. The Morgan fingerprint density at radius 3 is 2.15 bits per heavy atom. The maximum atomic E-state index is 14.2. The van der Waals surface area contributed by atoms with Gasteiger partial charge in [0.2, 0.25) is 0 Å². The molecule has 0 amide bonds. The van der Waals surface area contributed by atoms with Crippen molar-refractivity contribution >= 4 is 5.97 Å². The van der Waals surface area contributed by atoms with Gasteiger partial charge in [-0.15, -0.1) is 0 Å². The number of hydrogen-bond acceptors (Lipinski definition) is 4. The molecule has 0 bridgehead atoms. The summed E-state index contributed by atoms with van der Waals surface area (Å²) in [6, 6.07) is 32.4. The number of benzene rings is 4. The molecular formula is C33H34FNO4. The van der Waals surface area contributed by atoms with Crippen LogP contribution in [0.3, 0.4) is 0 Å². The largest absolute Gasteiger partial charge is 0.505 e. The highest BCUT2D eigenvalue weighted by Crippen LogP contribution is 2.27. The van der Waals surface area contributed by atoms with Gasteiger partial charge in [-0.25, -0.2) is 4.39 Å². The van der Waals surface area contributed by atoms with Crippen LogP contribution < -0.4 is 4.74 Å². The van der Waals surface area contributed by atoms with Crippen molar-refractivity contribution in [3.05, 3.63) is 131 Å². The lowest BCUT2D eigenvalue weighted by molar-refractivity contribution is -0.136. The quantitative estimate of drug-likeness (QED) is 0.204. The van der Waals surface area contributed by atoms with Crippen molar-refractivity contribution in [1.29, 1.82) is 0 Å². The van der Waals surface area contributed by atoms with Crippen LogP contribution in [0.15, 0.2) is 103 Å². The summed E-state index contributed by atoms with van der Waals surface area (Å²) in [7, 11) is 0. The fourth-order valence-corrected chi connectivity index (χ4v) is 4.73. The van der Waals surface area contributed by atoms with Crippen LogP contribution in [0.5, 0.6) is 11.5 Å². The van der Waals surface area contributed by atoms with Gasteiger partial charge in [0, 0.05) is 25.6 Å². The zero-order valence-corrected chi connectivity index (χ0v) is 22.0. The number of ether oxygens (including phenoxy) is 1. The standard InChI is InChI=1S/C33H34FNO4/c1-24(39-29-14-8-9-25(19-29)21-33(37)38)17-18-35(22-26-15-16-32(36)31(34)20-26)23-30(27-10-4-2-5-11-27)28-12-6-3-7-13-28/h2-16,19-20,24,30,36H,17-18,21-23H2,1H3,(H,37,38)/t24-/m1/s1. The predicted octanol–water partition coefficient (Wildman–Crippen LogP) is 6.65. The molecule has 202 valence electrons. The molecule has 4 aromatic carbocycles. The molecule has 1 atom stereocenters. The molecule has 4 aromatic rings. The topological polar surface area (TPSA) is 70.0 Å². The Kier molecular flexibility index (Phi) is 9.70. The minimum absolute atomic E-state index is 0.0527. The third kappa shape index (κ3) is 8.42. The second-order valence-corrected chi connectivity index (χ2v) is 9.83. The lowest BCUT2D eigenvalue weighted by Crippen LogP contribution is -2.32. The minimum Gasteiger partial charge on any atom is -0.505 e. The van der Waals surface area contributed by atoms with Crippen LogP contribution in [-0.2, 0) is 17.8 Å². The fraction of sp³-hybridized carbons (Fsp3) is 0.242. The molecule has 0 aliphatic heterocycles. The number of nitrogens with zero attached hydrogens (tertiary/aromatic N) is 1. The first-order chi connectivity index (χ1) is 18.9. The van der Waals surface area contributed by atoms with Crippen LogP contribution in [0.1, 0.15) is 41.5 Å². The molecule has 0 aliphatic carbocycles. The van der Waals surface area contributed by atoms with Gasteiger partial charge in [0.1, 0.15) is 5.75 Å². The van der Waals surface area contributed by atoms with Crippen LogP contribution >= 0.6 is 0 Å². The van der Waals surface area contributed by atoms with E-state index >= 15 is 0 Å². The number of carboxylic acid groups (broad SMARTS) is 1. The molecule has 0 aliphatic rings. The van der Waals surface area contributed by atoms with Gasteiger partial charge in [0.05, 0.1) is 12.5 Å². The first kappa shape index (κ1) is 27.9. The highest BCUT2D eigenvalue weighted by atomic mass is 19.1. The van der Waals surface area contributed by atoms with E-state index < -0.39 is 11.8 Å². The molecular weight excluding hydrogens is 493 g/mol. The summed E-state index contributed by atoms with van der Waals surface area (Å²) < 4.78 is 20.3. The summed E-state index contributed by atoms with van der Waals surface area (Å²) in [6.45, 7) is 3.90. The second-order valence-electron chi connectivity index (χ2n) is 9.83. The van der Waals surface area contributed by atoms with Crippen molar-refractivity contribution in [3.63, 3.8) is 0 Å². The highest BCUT2D eigenvalue weighted by molar-refractivity contribution is 5.70. The summed E-state index contributed by atoms with van der Waals surface area (Å²) >= 11 is 0. The Labute approximate surface area is 229 Å². The van der Waals surface area contributed by atoms with Gasteiger partial charge < -0.3 is 14.9 Å². The molecule has 4 rings (SSSR count). The van der Waals surface area contributed by atoms with E-state index in [1.165, 1.54) is 23.3 Å². The number of carboxylic acids is 1. The normalized spacial score (nSPS) is 12.0. The van der Waals surface area contributed by atoms with Crippen molar-refractivity contribution in [1.82, 2.24) is 4.90 Å². The molecule has 0 fully saturated rings. The predicted molar refractivity (Wildman–Crippen MR) is 151 cm³/mol. The van der Waals surface area contributed by atoms with Crippen LogP contribution in [-0.4, -0.2) is 40.3 Å². The molecule has 0 unspecified atom stereocenters. The maximum absolute atomic E-state index is 14.2. The summed E-state index contributed by atoms with van der Waals surface area (Å²) in [5, 5.41) is 18.8. The van der Waals surface area contributed by atoms with E-state index in [9.17, 15) is 14.3 Å². The van der Waals surface area contributed by atoms with Crippen LogP contribution in [0.25, 0.3) is 0 Å². The summed E-state index contributed by atoms with van der Waals surface area (Å²) in [5.41, 5.74) is 3.87. The highest BCUT2D eigenvalue weighted by Gasteiger charge is 2.20. The van der Waals surface area contributed by atoms with Crippen molar-refractivity contribution in [2.75, 3.05) is 13.1 Å². The first-order valence-electron chi connectivity index (χ1n) is 13.1. The third-order valence-electron chi connectivity index (χ3n) is 6.71. The van der Waals surface area contributed by atoms with Crippen molar-refractivity contribution in [2.45, 2.75) is 38.3 Å². The van der Waals surface area contributed by atoms with Gasteiger partial charge in [0.25, 0.3) is 0 Å². The number of halogens is 1. The lowest BCUT2D eigenvalue weighted by atomic mass is 9.90. The fourth-order valence-electron chi connectivity index (χ4n) is 4.73. The second kappa shape index (κ2) is 13.6. The van der Waals surface area contributed by atoms with Gasteiger partial charge in [0.15, 0.2) is 11.6 Å². The first-order valence-corrected chi connectivity index (χ1v) is 13.1. The van der Waals surface area contributed by atoms with Gasteiger partial charge in [-0.2, -0.15) is 0 Å². The van der Waals surface area contributed by atoms with E-state index in [1.54, 1.807) is 24.3 Å². The molecule has 0 radical (unpaired) electrons. The van der Waals surface area contributed by atoms with E-state index in [2.05, 4.69) is 29.2 Å². The smallest absolute Gasteiger partial charge is 0.307 e. The number of aromatic hydroxyl groups is 1. The molecule has 0 saturated carbocycles. The summed E-state index contributed by atoms with van der Waals surface area (Å²) in [6.07, 6.45) is 0.527. The molecule has 39 heavy (non-hydrogen) atoms. The average molecular weight is 528 g/mol. The van der Waals surface area contributed by atoms with Crippen LogP contribution in [0, 0.1) is 5.82 Å². The Bertz CT molecular complexity index is 1310. The third-order valence-corrected chi connectivity index (χ3v) is 6.71. The molecule has 0 aromatic heterocycles. The SMILES string of the molecule is C[C@H](CCN(Cc1ccc(O)c(F)c1)CC(c1ccccc1)c1ccccc1)Oc1cccc(CC(=O)O)c1. The monoisotopic (exact) mass is 527 g/mol. The van der Waals surface area contributed by atoms with E-state index in [0.29, 0.717) is 37.4 Å². The molecule has 6 heteroatoms. The number of phenols is 1. The van der Waals surface area contributed by atoms with Crippen molar-refractivity contribution in [3.8, 4) is 11.5 Å². The van der Waals surface area contributed by atoms with Gasteiger partial charge in [-0.3, -0.25) is 9.69 Å². The number of carbonyl (C=O) groups is 1. The molecule has 2 N–H and O–H groups in total. The van der Waals surface area contributed by atoms with E-state index in [4.69, 9.17) is 9.84 Å². The van der Waals surface area contributed by atoms with Crippen molar-refractivity contribution in [2.24, 2.45) is 0 Å². The van der Waals surface area contributed by atoms with E-state index in [0.717, 1.165) is 5.56 Å². The average Bonchev–Trinajstić information content (AvgIpc) is 2.93. The Hall–Kier alpha value is -4.16. The lowest BCUT2D eigenvalue weighted by Gasteiger charge is -2.29. The van der Waals surface area contributed by atoms with Crippen LogP contribution in [0.4, 0.5) is 4.39 Å². The van der Waals surface area contributed by atoms with Gasteiger partial charge in [-0.1, -0.05) is 78.9 Å². The molecule has 5 nitrogen and oxygen atoms in total. The van der Waals surface area contributed by atoms with Gasteiger partial charge >= 0.3 is 5.97 Å². The zero-order chi connectivity index (χ0) is 27.6. The van der Waals surface area contributed by atoms with Crippen LogP contribution in [0.2, 0.25) is 0 Å². The van der Waals surface area contributed by atoms with E-state index in [1.807, 2.05) is 49.4 Å². The van der Waals surface area contributed by atoms with Gasteiger partial charge in [-0.05, 0) is 59.9 Å². The minimum atomic E-state index is -0.882. The molecule has 0 saturated heterocycles. The molecule has 0 heterocycles. The number of aliphatic carboxylic acids is 1. The van der Waals surface area contributed by atoms with Crippen molar-refractivity contribution < 1.29 is 24.1 Å². The number of hydrogen-bond donors (Lipinski definition) is 2. The Morgan fingerprint density at radius 2 is 1.54 bits per heavy atom. The summed E-state index contributed by atoms with van der Waals surface area (Å²) in [5.74, 6) is -1.12. The Balaban J connectivity index is 1.52. The molecule has 0 spiro atoms. The Morgan fingerprint density at radius 1 is 0.872 bits per heavy atom. The maximum Gasteiger partial charge on any atom is 0.307 e. The number of rotatable bonds is 13. The van der Waals surface area contributed by atoms with E-state index in [-0.39, 0.29) is 24.2 Å². The number of phenolic OH excluding ortho intramolecular Hbond substituents is 1. The zero-order valence-electron chi connectivity index (χ0n) is 22.0.